The lowest BCUT2D eigenvalue weighted by molar-refractivity contribution is -0.139. The van der Waals surface area contributed by atoms with Crippen LogP contribution in [0.3, 0.4) is 0 Å². The number of nitrogens with one attached hydrogen (secondary N) is 1. The van der Waals surface area contributed by atoms with Gasteiger partial charge < -0.3 is 10.4 Å². The van der Waals surface area contributed by atoms with Crippen molar-refractivity contribution in [3.05, 3.63) is 34.1 Å². The molecule has 0 saturated carbocycles. The average Bonchev–Trinajstić information content (AvgIpc) is 2.37. The zero-order valence-electron chi connectivity index (χ0n) is 10.2. The molecule has 0 aromatic heterocycles. The minimum absolute atomic E-state index is 0.163. The third-order valence-electron chi connectivity index (χ3n) is 2.40. The van der Waals surface area contributed by atoms with Crippen molar-refractivity contribution in [2.75, 3.05) is 12.0 Å². The van der Waals surface area contributed by atoms with Crippen molar-refractivity contribution < 1.29 is 19.1 Å². The van der Waals surface area contributed by atoms with Gasteiger partial charge in [-0.2, -0.15) is 11.8 Å². The molecule has 0 aliphatic heterocycles. The zero-order chi connectivity index (χ0) is 14.4. The summed E-state index contributed by atoms with van der Waals surface area (Å²) < 4.78 is 13.2. The van der Waals surface area contributed by atoms with Gasteiger partial charge in [0.05, 0.1) is 4.47 Å². The number of amides is 1. The van der Waals surface area contributed by atoms with Crippen LogP contribution >= 0.6 is 27.7 Å². The summed E-state index contributed by atoms with van der Waals surface area (Å²) in [5.74, 6) is -1.46. The van der Waals surface area contributed by atoms with Crippen LogP contribution in [-0.2, 0) is 4.79 Å². The van der Waals surface area contributed by atoms with Crippen LogP contribution < -0.4 is 5.32 Å². The highest BCUT2D eigenvalue weighted by Crippen LogP contribution is 2.17. The first kappa shape index (κ1) is 16.0. The van der Waals surface area contributed by atoms with Crippen molar-refractivity contribution >= 4 is 39.6 Å². The number of benzene rings is 1. The maximum absolute atomic E-state index is 13.0. The number of carbonyl (C=O) groups excluding carboxylic acids is 1. The summed E-state index contributed by atoms with van der Waals surface area (Å²) in [7, 11) is 0. The van der Waals surface area contributed by atoms with Crippen LogP contribution in [0.5, 0.6) is 0 Å². The van der Waals surface area contributed by atoms with Gasteiger partial charge in [0.1, 0.15) is 11.9 Å². The molecule has 1 aromatic rings. The zero-order valence-corrected chi connectivity index (χ0v) is 12.6. The Kier molecular flexibility index (Phi) is 6.30. The molecule has 0 unspecified atom stereocenters. The molecule has 1 atom stereocenters. The fourth-order valence-corrected chi connectivity index (χ4v) is 2.22. The van der Waals surface area contributed by atoms with Crippen molar-refractivity contribution in [3.63, 3.8) is 0 Å². The van der Waals surface area contributed by atoms with E-state index >= 15 is 0 Å². The molecule has 2 N–H and O–H groups in total. The van der Waals surface area contributed by atoms with E-state index in [0.29, 0.717) is 12.2 Å². The quantitative estimate of drug-likeness (QED) is 0.828. The van der Waals surface area contributed by atoms with Gasteiger partial charge in [0, 0.05) is 5.56 Å². The van der Waals surface area contributed by atoms with Crippen LogP contribution in [-0.4, -0.2) is 35.0 Å². The predicted molar refractivity (Wildman–Crippen MR) is 76.0 cm³/mol. The third kappa shape index (κ3) is 4.83. The van der Waals surface area contributed by atoms with Gasteiger partial charge in [0.2, 0.25) is 0 Å². The average molecular weight is 350 g/mol. The van der Waals surface area contributed by atoms with E-state index in [0.717, 1.165) is 6.07 Å². The smallest absolute Gasteiger partial charge is 0.326 e. The molecule has 0 heterocycles. The minimum atomic E-state index is -1.08. The monoisotopic (exact) mass is 349 g/mol. The first-order chi connectivity index (χ1) is 8.95. The Morgan fingerprint density at radius 3 is 2.74 bits per heavy atom. The van der Waals surface area contributed by atoms with Gasteiger partial charge in [-0.3, -0.25) is 4.79 Å². The van der Waals surface area contributed by atoms with E-state index < -0.39 is 23.7 Å². The molecule has 0 aliphatic carbocycles. The van der Waals surface area contributed by atoms with Gasteiger partial charge in [-0.1, -0.05) is 0 Å². The molecule has 1 aromatic carbocycles. The number of halogens is 2. The number of thioether (sulfide) groups is 1. The van der Waals surface area contributed by atoms with E-state index in [2.05, 4.69) is 21.2 Å². The summed E-state index contributed by atoms with van der Waals surface area (Å²) in [5.41, 5.74) is 0.212. The molecule has 0 spiro atoms. The lowest BCUT2D eigenvalue weighted by atomic mass is 10.1. The van der Waals surface area contributed by atoms with Crippen LogP contribution in [0.2, 0.25) is 0 Å². The lowest BCUT2D eigenvalue weighted by Gasteiger charge is -2.14. The Morgan fingerprint density at radius 1 is 1.53 bits per heavy atom. The van der Waals surface area contributed by atoms with Crippen molar-refractivity contribution in [3.8, 4) is 0 Å². The minimum Gasteiger partial charge on any atom is -0.480 e. The lowest BCUT2D eigenvalue weighted by Crippen LogP contribution is -2.41. The number of carboxylic acids is 1. The van der Waals surface area contributed by atoms with E-state index in [1.54, 1.807) is 0 Å². The number of aliphatic carboxylic acids is 1. The van der Waals surface area contributed by atoms with Crippen LogP contribution in [0, 0.1) is 5.82 Å². The van der Waals surface area contributed by atoms with Crippen molar-refractivity contribution in [1.29, 1.82) is 0 Å². The number of hydrogen-bond acceptors (Lipinski definition) is 3. The fourth-order valence-electron chi connectivity index (χ4n) is 1.37. The molecule has 7 heteroatoms. The number of carboxylic acid groups (broad SMARTS) is 1. The van der Waals surface area contributed by atoms with Gasteiger partial charge in [-0.25, -0.2) is 9.18 Å². The highest BCUT2D eigenvalue weighted by Gasteiger charge is 2.20. The maximum Gasteiger partial charge on any atom is 0.326 e. The van der Waals surface area contributed by atoms with Crippen LogP contribution in [0.25, 0.3) is 0 Å². The topological polar surface area (TPSA) is 66.4 Å². The third-order valence-corrected chi connectivity index (χ3v) is 3.65. The normalized spacial score (nSPS) is 11.9. The second-order valence-corrected chi connectivity index (χ2v) is 5.61. The van der Waals surface area contributed by atoms with Gasteiger partial charge >= 0.3 is 5.97 Å². The van der Waals surface area contributed by atoms with E-state index in [-0.39, 0.29) is 10.0 Å². The first-order valence-corrected chi connectivity index (χ1v) is 7.62. The predicted octanol–water partition coefficient (Wildman–Crippen LogP) is 2.52. The molecule has 0 bridgehead atoms. The second kappa shape index (κ2) is 7.49. The maximum atomic E-state index is 13.0. The first-order valence-electron chi connectivity index (χ1n) is 5.43. The van der Waals surface area contributed by atoms with Crippen molar-refractivity contribution in [2.24, 2.45) is 0 Å². The number of carbonyl (C=O) groups is 2. The summed E-state index contributed by atoms with van der Waals surface area (Å²) in [6, 6.07) is 2.83. The molecule has 0 radical (unpaired) electrons. The van der Waals surface area contributed by atoms with Gasteiger partial charge in [0.15, 0.2) is 0 Å². The Bertz CT molecular complexity index is 484. The molecule has 4 nitrogen and oxygen atoms in total. The molecular formula is C12H13BrFNO3S. The summed E-state index contributed by atoms with van der Waals surface area (Å²) in [4.78, 5) is 22.9. The molecule has 0 fully saturated rings. The van der Waals surface area contributed by atoms with Crippen LogP contribution in [0.4, 0.5) is 4.39 Å². The largest absolute Gasteiger partial charge is 0.480 e. The molecular weight excluding hydrogens is 337 g/mol. The van der Waals surface area contributed by atoms with E-state index in [1.165, 1.54) is 23.9 Å². The molecule has 104 valence electrons. The van der Waals surface area contributed by atoms with Crippen molar-refractivity contribution in [1.82, 2.24) is 5.32 Å². The summed E-state index contributed by atoms with van der Waals surface area (Å²) in [5, 5.41) is 11.4. The van der Waals surface area contributed by atoms with Gasteiger partial charge in [-0.05, 0) is 52.6 Å². The van der Waals surface area contributed by atoms with Crippen LogP contribution in [0.15, 0.2) is 22.7 Å². The van der Waals surface area contributed by atoms with Gasteiger partial charge in [0.25, 0.3) is 5.91 Å². The summed E-state index contributed by atoms with van der Waals surface area (Å²) in [6.07, 6.45) is 2.20. The van der Waals surface area contributed by atoms with Gasteiger partial charge in [-0.15, -0.1) is 0 Å². The molecule has 0 aliphatic rings. The van der Waals surface area contributed by atoms with E-state index in [9.17, 15) is 14.0 Å². The second-order valence-electron chi connectivity index (χ2n) is 3.77. The molecule has 1 rings (SSSR count). The molecule has 1 amide bonds. The number of rotatable bonds is 6. The van der Waals surface area contributed by atoms with Crippen molar-refractivity contribution in [2.45, 2.75) is 12.5 Å². The highest BCUT2D eigenvalue weighted by molar-refractivity contribution is 9.10. The Morgan fingerprint density at radius 2 is 2.21 bits per heavy atom. The SMILES string of the molecule is CSCC[C@H](NC(=O)c1ccc(F)c(Br)c1)C(=O)O. The van der Waals surface area contributed by atoms with E-state index in [4.69, 9.17) is 5.11 Å². The Hall–Kier alpha value is -1.08. The summed E-state index contributed by atoms with van der Waals surface area (Å²) in [6.45, 7) is 0. The number of hydrogen-bond donors (Lipinski definition) is 2. The summed E-state index contributed by atoms with van der Waals surface area (Å²) >= 11 is 4.48. The van der Waals surface area contributed by atoms with E-state index in [1.807, 2.05) is 6.26 Å². The van der Waals surface area contributed by atoms with Crippen LogP contribution in [0.1, 0.15) is 16.8 Å². The Balaban J connectivity index is 2.75. The molecule has 19 heavy (non-hydrogen) atoms. The molecule has 0 saturated heterocycles. The standard InChI is InChI=1S/C12H13BrFNO3S/c1-19-5-4-10(12(17)18)15-11(16)7-2-3-9(14)8(13)6-7/h2-3,6,10H,4-5H2,1H3,(H,15,16)(H,17,18)/t10-/m0/s1. The Labute approximate surface area is 122 Å². The highest BCUT2D eigenvalue weighted by atomic mass is 79.9. The fraction of sp³-hybridized carbons (Fsp3) is 0.333.